The van der Waals surface area contributed by atoms with Crippen molar-refractivity contribution in [3.05, 3.63) is 56.1 Å². The van der Waals surface area contributed by atoms with Crippen molar-refractivity contribution in [1.82, 2.24) is 9.13 Å². The van der Waals surface area contributed by atoms with Gasteiger partial charge in [0.2, 0.25) is 0 Å². The lowest BCUT2D eigenvalue weighted by Gasteiger charge is -2.17. The highest BCUT2D eigenvalue weighted by atomic mass is 32.2. The molecule has 6 nitrogen and oxygen atoms in total. The van der Waals surface area contributed by atoms with Crippen LogP contribution in [0.5, 0.6) is 0 Å². The van der Waals surface area contributed by atoms with E-state index in [2.05, 4.69) is 11.5 Å². The van der Waals surface area contributed by atoms with Gasteiger partial charge in [-0.15, -0.1) is 5.54 Å². The van der Waals surface area contributed by atoms with Crippen molar-refractivity contribution in [1.29, 1.82) is 0 Å². The van der Waals surface area contributed by atoms with E-state index in [1.165, 1.54) is 0 Å². The summed E-state index contributed by atoms with van der Waals surface area (Å²) in [5.74, 6) is 1.60. The van der Waals surface area contributed by atoms with Gasteiger partial charge in [-0.05, 0) is 25.0 Å². The quantitative estimate of drug-likeness (QED) is 0.270. The third kappa shape index (κ3) is 5.05. The minimum atomic E-state index is -4.99. The summed E-state index contributed by atoms with van der Waals surface area (Å²) in [4.78, 5) is 24.8. The summed E-state index contributed by atoms with van der Waals surface area (Å²) in [6.45, 7) is 5.75. The van der Waals surface area contributed by atoms with Crippen LogP contribution in [0.1, 0.15) is 36.9 Å². The van der Waals surface area contributed by atoms with E-state index in [1.54, 1.807) is 0 Å². The molecule has 0 saturated heterocycles. The van der Waals surface area contributed by atoms with Crippen molar-refractivity contribution in [2.24, 2.45) is 7.05 Å². The standard InChI is InChI=1S/C22H24F4N2O4SSi/c1-27-19(22(24,25)26)13-20(29)28(21(27)30)17-12-18(33(31,32)15-7-5-6-8-15)14(11-16(17)23)9-10-34(2,3)4/h11-13,15H,5-8H2,1-4H3. The highest BCUT2D eigenvalue weighted by molar-refractivity contribution is 7.92. The Morgan fingerprint density at radius 2 is 1.65 bits per heavy atom. The first-order valence-corrected chi connectivity index (χ1v) is 15.6. The molecular formula is C22H24F4N2O4SSi. The van der Waals surface area contributed by atoms with E-state index in [-0.39, 0.29) is 25.7 Å². The molecule has 2 aromatic rings. The number of halogens is 4. The zero-order valence-electron chi connectivity index (χ0n) is 19.1. The SMILES string of the molecule is Cn1c(C(F)(F)F)cc(=O)n(-c2cc(S(=O)(=O)C3CCCC3)c(C#C[Si](C)(C)C)cc2F)c1=O. The normalized spacial score (nSPS) is 15.3. The van der Waals surface area contributed by atoms with Crippen LogP contribution in [0.15, 0.2) is 32.7 Å². The molecule has 184 valence electrons. The second-order valence-electron chi connectivity index (χ2n) is 9.29. The van der Waals surface area contributed by atoms with Crippen LogP contribution in [0.4, 0.5) is 17.6 Å². The molecule has 0 radical (unpaired) electrons. The average Bonchev–Trinajstić information content (AvgIpc) is 3.24. The van der Waals surface area contributed by atoms with Crippen LogP contribution < -0.4 is 11.2 Å². The largest absolute Gasteiger partial charge is 0.431 e. The zero-order chi connectivity index (χ0) is 25.6. The molecule has 0 spiro atoms. The van der Waals surface area contributed by atoms with E-state index < -0.39 is 57.8 Å². The Hall–Kier alpha value is -2.65. The first kappa shape index (κ1) is 26.0. The van der Waals surface area contributed by atoms with Crippen molar-refractivity contribution in [2.75, 3.05) is 0 Å². The van der Waals surface area contributed by atoms with E-state index in [0.29, 0.717) is 25.7 Å². The maximum absolute atomic E-state index is 15.1. The van der Waals surface area contributed by atoms with Crippen LogP contribution in [0.3, 0.4) is 0 Å². The van der Waals surface area contributed by atoms with Crippen LogP contribution >= 0.6 is 0 Å². The van der Waals surface area contributed by atoms with Crippen molar-refractivity contribution < 1.29 is 26.0 Å². The molecule has 1 aromatic carbocycles. The van der Waals surface area contributed by atoms with Gasteiger partial charge in [0, 0.05) is 18.7 Å². The third-order valence-corrected chi connectivity index (χ3v) is 8.70. The lowest BCUT2D eigenvalue weighted by molar-refractivity contribution is -0.144. The number of hydrogen-bond acceptors (Lipinski definition) is 4. The summed E-state index contributed by atoms with van der Waals surface area (Å²) < 4.78 is 81.8. The van der Waals surface area contributed by atoms with Crippen molar-refractivity contribution in [3.8, 4) is 17.2 Å². The monoisotopic (exact) mass is 516 g/mol. The summed E-state index contributed by atoms with van der Waals surface area (Å²) in [6.07, 6.45) is -2.78. The number of aromatic nitrogens is 2. The summed E-state index contributed by atoms with van der Waals surface area (Å²) in [5, 5.41) is -0.731. The minimum Gasteiger partial charge on any atom is -0.292 e. The van der Waals surface area contributed by atoms with Gasteiger partial charge in [-0.25, -0.2) is 22.2 Å². The number of benzene rings is 1. The Morgan fingerprint density at radius 1 is 1.06 bits per heavy atom. The molecule has 0 bridgehead atoms. The topological polar surface area (TPSA) is 78.1 Å². The highest BCUT2D eigenvalue weighted by Gasteiger charge is 2.36. The fourth-order valence-electron chi connectivity index (χ4n) is 3.80. The smallest absolute Gasteiger partial charge is 0.292 e. The summed E-state index contributed by atoms with van der Waals surface area (Å²) in [7, 11) is -5.21. The predicted octanol–water partition coefficient (Wildman–Crippen LogP) is 3.64. The Labute approximate surface area is 195 Å². The molecule has 1 aliphatic rings. The van der Waals surface area contributed by atoms with Crippen LogP contribution in [-0.2, 0) is 23.1 Å². The van der Waals surface area contributed by atoms with Gasteiger partial charge < -0.3 is 0 Å². The van der Waals surface area contributed by atoms with Gasteiger partial charge in [-0.2, -0.15) is 13.2 Å². The maximum atomic E-state index is 15.1. The van der Waals surface area contributed by atoms with Gasteiger partial charge in [0.1, 0.15) is 19.6 Å². The van der Waals surface area contributed by atoms with Gasteiger partial charge >= 0.3 is 11.9 Å². The van der Waals surface area contributed by atoms with Crippen molar-refractivity contribution in [2.45, 2.75) is 61.6 Å². The molecule has 1 aromatic heterocycles. The van der Waals surface area contributed by atoms with E-state index in [9.17, 15) is 31.2 Å². The van der Waals surface area contributed by atoms with E-state index in [0.717, 1.165) is 19.2 Å². The van der Waals surface area contributed by atoms with Gasteiger partial charge in [0.05, 0.1) is 15.8 Å². The molecule has 1 fully saturated rings. The molecule has 0 N–H and O–H groups in total. The molecule has 0 unspecified atom stereocenters. The predicted molar refractivity (Wildman–Crippen MR) is 122 cm³/mol. The number of sulfone groups is 1. The molecule has 0 amide bonds. The second-order valence-corrected chi connectivity index (χ2v) is 16.2. The molecule has 1 heterocycles. The highest BCUT2D eigenvalue weighted by Crippen LogP contribution is 2.33. The first-order valence-electron chi connectivity index (χ1n) is 10.6. The molecule has 34 heavy (non-hydrogen) atoms. The lowest BCUT2D eigenvalue weighted by atomic mass is 10.2. The first-order chi connectivity index (χ1) is 15.5. The fraction of sp³-hybridized carbons (Fsp3) is 0.455. The Balaban J connectivity index is 2.35. The average molecular weight is 517 g/mol. The van der Waals surface area contributed by atoms with Crippen LogP contribution in [0, 0.1) is 17.3 Å². The fourth-order valence-corrected chi connectivity index (χ4v) is 6.31. The van der Waals surface area contributed by atoms with Gasteiger partial charge in [-0.3, -0.25) is 9.36 Å². The maximum Gasteiger partial charge on any atom is 0.431 e. The van der Waals surface area contributed by atoms with Gasteiger partial charge in [-0.1, -0.05) is 38.4 Å². The molecule has 1 aliphatic carbocycles. The van der Waals surface area contributed by atoms with E-state index in [1.807, 2.05) is 19.6 Å². The molecule has 0 aliphatic heterocycles. The van der Waals surface area contributed by atoms with Crippen molar-refractivity contribution >= 4 is 17.9 Å². The lowest BCUT2D eigenvalue weighted by Crippen LogP contribution is -2.41. The van der Waals surface area contributed by atoms with Crippen LogP contribution in [0.25, 0.3) is 5.69 Å². The Morgan fingerprint density at radius 3 is 2.18 bits per heavy atom. The number of rotatable bonds is 3. The minimum absolute atomic E-state index is 0.104. The summed E-state index contributed by atoms with van der Waals surface area (Å²) in [5.41, 5.74) is -2.25. The van der Waals surface area contributed by atoms with Crippen LogP contribution in [0.2, 0.25) is 19.6 Å². The molecule has 3 rings (SSSR count). The van der Waals surface area contributed by atoms with Gasteiger partial charge in [0.15, 0.2) is 9.84 Å². The second kappa shape index (κ2) is 8.85. The Kier molecular flexibility index (Phi) is 6.76. The van der Waals surface area contributed by atoms with E-state index >= 15 is 4.39 Å². The van der Waals surface area contributed by atoms with Crippen LogP contribution in [-0.4, -0.2) is 30.9 Å². The summed E-state index contributed by atoms with van der Waals surface area (Å²) in [6, 6.07) is 1.84. The summed E-state index contributed by atoms with van der Waals surface area (Å²) >= 11 is 0. The molecular weight excluding hydrogens is 492 g/mol. The molecule has 12 heteroatoms. The van der Waals surface area contributed by atoms with E-state index in [4.69, 9.17) is 0 Å². The molecule has 1 saturated carbocycles. The molecule has 0 atom stereocenters. The third-order valence-electron chi connectivity index (χ3n) is 5.52. The number of nitrogens with zero attached hydrogens (tertiary/aromatic N) is 2. The number of alkyl halides is 3. The van der Waals surface area contributed by atoms with Crippen molar-refractivity contribution in [3.63, 3.8) is 0 Å². The zero-order valence-corrected chi connectivity index (χ0v) is 20.9. The number of hydrogen-bond donors (Lipinski definition) is 0. The van der Waals surface area contributed by atoms with Gasteiger partial charge in [0.25, 0.3) is 5.56 Å². The Bertz CT molecular complexity index is 1420.